The zero-order chi connectivity index (χ0) is 40.7. The molecule has 4 aromatic rings. The number of nitrogen functional groups attached to an aromatic ring is 1. The molecule has 0 radical (unpaired) electrons. The van der Waals surface area contributed by atoms with E-state index in [4.69, 9.17) is 15.2 Å². The number of hydrogen-bond acceptors (Lipinski definition) is 7. The summed E-state index contributed by atoms with van der Waals surface area (Å²) in [5, 5.41) is 15.6. The number of nitrogens with one attached hydrogen (secondary N) is 2. The lowest BCUT2D eigenvalue weighted by Crippen LogP contribution is -2.42. The normalized spacial score (nSPS) is 24.0. The zero-order valence-electron chi connectivity index (χ0n) is 34.6. The van der Waals surface area contributed by atoms with Gasteiger partial charge >= 0.3 is 0 Å². The van der Waals surface area contributed by atoms with Gasteiger partial charge in [-0.15, -0.1) is 0 Å². The minimum absolute atomic E-state index is 0.0215. The molecule has 2 amide bonds. The summed E-state index contributed by atoms with van der Waals surface area (Å²) in [5.74, 6) is -0.00902. The molecule has 5 atom stereocenters. The Hall–Kier alpha value is -4.54. The van der Waals surface area contributed by atoms with Crippen LogP contribution in [0, 0.1) is 10.8 Å². The number of amides is 2. The van der Waals surface area contributed by atoms with E-state index in [1.165, 1.54) is 19.3 Å². The molecule has 7 rings (SSSR count). The van der Waals surface area contributed by atoms with E-state index in [1.54, 1.807) is 12.1 Å². The van der Waals surface area contributed by atoms with E-state index in [0.29, 0.717) is 47.6 Å². The van der Waals surface area contributed by atoms with Crippen molar-refractivity contribution in [3.8, 4) is 11.1 Å². The monoisotopic (exact) mass is 786 g/mol. The fraction of sp³-hybridized carbons (Fsp3) is 0.469. The average molecular weight is 787 g/mol. The summed E-state index contributed by atoms with van der Waals surface area (Å²) < 4.78 is 13.5. The Morgan fingerprint density at radius 3 is 2.26 bits per heavy atom. The van der Waals surface area contributed by atoms with Gasteiger partial charge in [-0.25, -0.2) is 0 Å². The second-order valence-corrected chi connectivity index (χ2v) is 18.1. The van der Waals surface area contributed by atoms with Gasteiger partial charge in [0.1, 0.15) is 0 Å². The Balaban J connectivity index is 0.908. The van der Waals surface area contributed by atoms with Crippen LogP contribution in [0.3, 0.4) is 0 Å². The van der Waals surface area contributed by atoms with Crippen LogP contribution in [0.5, 0.6) is 0 Å². The first-order valence-electron chi connectivity index (χ1n) is 21.3. The van der Waals surface area contributed by atoms with Crippen molar-refractivity contribution >= 4 is 23.2 Å². The van der Waals surface area contributed by atoms with Gasteiger partial charge in [-0.2, -0.15) is 0 Å². The summed E-state index contributed by atoms with van der Waals surface area (Å²) in [7, 11) is 0. The zero-order valence-corrected chi connectivity index (χ0v) is 34.6. The Bertz CT molecular complexity index is 2000. The molecule has 3 aliphatic rings. The molecule has 2 aliphatic heterocycles. The number of hydrogen-bond donors (Lipinski definition) is 4. The number of ether oxygens (including phenoxy) is 2. The fourth-order valence-electron chi connectivity index (χ4n) is 9.82. The van der Waals surface area contributed by atoms with Crippen LogP contribution in [0.25, 0.3) is 11.1 Å². The second-order valence-electron chi connectivity index (χ2n) is 18.1. The predicted molar refractivity (Wildman–Crippen MR) is 230 cm³/mol. The van der Waals surface area contributed by atoms with E-state index in [0.717, 1.165) is 78.6 Å². The van der Waals surface area contributed by atoms with Crippen molar-refractivity contribution in [1.29, 1.82) is 0 Å². The smallest absolute Gasteiger partial charge is 0.224 e. The molecule has 1 aliphatic carbocycles. The molecule has 1 saturated carbocycles. The summed E-state index contributed by atoms with van der Waals surface area (Å²) >= 11 is 0. The number of carbonyl (C=O) groups is 2. The topological polar surface area (TPSA) is 126 Å². The first kappa shape index (κ1) is 41.6. The molecule has 0 aromatic heterocycles. The maximum Gasteiger partial charge on any atom is 0.224 e. The van der Waals surface area contributed by atoms with Gasteiger partial charge in [-0.05, 0) is 89.0 Å². The standard InChI is InChI=1S/C49H62N4O5/c1-48(2)27-40-28-49(3,32-48)33-53(40)30-41-26-44(37-19-17-34(31-54)18-20-37)58-47(57-41)38-23-21-36(22-24-38)39-12-10-11-35(25-39)29-51-45(55)15-6-4-5-7-16-46(56)52-43-14-9-8-13-42(43)50/h8-14,17-25,40-41,44,47,54H,4-7,15-16,26-33,50H2,1-3H3,(H,51,55)(H,52,56). The SMILES string of the molecule is CC1(C)CC2CC(C)(CN2CC2CC(c3ccc(CO)cc3)OC(c3ccc(-c4cccc(CNC(=O)CCCCCCC(=O)Nc5ccccc5N)c4)cc3)O2)C1. The number of likely N-dealkylation sites (tertiary alicyclic amines) is 1. The highest BCUT2D eigenvalue weighted by atomic mass is 16.7. The number of nitrogens with two attached hydrogens (primary N) is 1. The van der Waals surface area contributed by atoms with Crippen LogP contribution >= 0.6 is 0 Å². The number of para-hydroxylation sites is 2. The number of benzene rings is 4. The van der Waals surface area contributed by atoms with Crippen molar-refractivity contribution in [3.63, 3.8) is 0 Å². The maximum absolute atomic E-state index is 12.7. The van der Waals surface area contributed by atoms with E-state index in [9.17, 15) is 14.7 Å². The van der Waals surface area contributed by atoms with Crippen LogP contribution in [-0.4, -0.2) is 47.1 Å². The molecule has 3 fully saturated rings. The van der Waals surface area contributed by atoms with E-state index >= 15 is 0 Å². The number of aliphatic hydroxyl groups is 1. The molecule has 4 aromatic carbocycles. The highest BCUT2D eigenvalue weighted by molar-refractivity contribution is 5.93. The highest BCUT2D eigenvalue weighted by Crippen LogP contribution is 2.53. The van der Waals surface area contributed by atoms with Crippen LogP contribution < -0.4 is 16.4 Å². The van der Waals surface area contributed by atoms with Gasteiger partial charge in [-0.3, -0.25) is 14.5 Å². The van der Waals surface area contributed by atoms with Crippen molar-refractivity contribution in [3.05, 3.63) is 119 Å². The quantitative estimate of drug-likeness (QED) is 0.0659. The Labute approximate surface area is 344 Å². The van der Waals surface area contributed by atoms with Gasteiger partial charge < -0.3 is 30.9 Å². The lowest BCUT2D eigenvalue weighted by molar-refractivity contribution is -0.253. The van der Waals surface area contributed by atoms with Crippen molar-refractivity contribution < 1.29 is 24.2 Å². The molecule has 9 heteroatoms. The van der Waals surface area contributed by atoms with Crippen LogP contribution in [0.1, 0.15) is 120 Å². The summed E-state index contributed by atoms with van der Waals surface area (Å²) in [6, 6.07) is 32.7. The lowest BCUT2D eigenvalue weighted by atomic mass is 9.65. The summed E-state index contributed by atoms with van der Waals surface area (Å²) in [6.45, 7) is 9.82. The van der Waals surface area contributed by atoms with Crippen molar-refractivity contribution in [1.82, 2.24) is 10.2 Å². The molecule has 9 nitrogen and oxygen atoms in total. The highest BCUT2D eigenvalue weighted by Gasteiger charge is 2.50. The maximum atomic E-state index is 12.7. The van der Waals surface area contributed by atoms with Gasteiger partial charge in [0.25, 0.3) is 0 Å². The van der Waals surface area contributed by atoms with Crippen molar-refractivity contribution in [2.45, 2.75) is 123 Å². The number of aliphatic hydroxyl groups excluding tert-OH is 1. The van der Waals surface area contributed by atoms with Crippen molar-refractivity contribution in [2.75, 3.05) is 24.1 Å². The summed E-state index contributed by atoms with van der Waals surface area (Å²) in [5.41, 5.74) is 14.0. The molecule has 5 unspecified atom stereocenters. The minimum atomic E-state index is -0.495. The van der Waals surface area contributed by atoms with E-state index in [-0.39, 0.29) is 30.6 Å². The molecule has 5 N–H and O–H groups in total. The predicted octanol–water partition coefficient (Wildman–Crippen LogP) is 9.47. The molecule has 308 valence electrons. The Kier molecular flexibility index (Phi) is 13.3. The number of nitrogens with zero attached hydrogens (tertiary/aromatic N) is 1. The third-order valence-corrected chi connectivity index (χ3v) is 12.3. The third-order valence-electron chi connectivity index (χ3n) is 12.3. The fourth-order valence-corrected chi connectivity index (χ4v) is 9.82. The lowest BCUT2D eigenvalue weighted by Gasteiger charge is -2.41. The molecule has 58 heavy (non-hydrogen) atoms. The minimum Gasteiger partial charge on any atom is -0.397 e. The first-order chi connectivity index (χ1) is 27.9. The third kappa shape index (κ3) is 10.9. The molecule has 0 spiro atoms. The van der Waals surface area contributed by atoms with Gasteiger partial charge in [0.15, 0.2) is 6.29 Å². The molecule has 2 bridgehead atoms. The Morgan fingerprint density at radius 1 is 0.793 bits per heavy atom. The number of carbonyl (C=O) groups excluding carboxylic acids is 2. The van der Waals surface area contributed by atoms with Crippen LogP contribution in [-0.2, 0) is 32.2 Å². The van der Waals surface area contributed by atoms with E-state index < -0.39 is 6.29 Å². The van der Waals surface area contributed by atoms with Crippen LogP contribution in [0.4, 0.5) is 11.4 Å². The summed E-state index contributed by atoms with van der Waals surface area (Å²) in [6.07, 6.45) is 8.20. The Morgan fingerprint density at radius 2 is 1.52 bits per heavy atom. The average Bonchev–Trinajstić information content (AvgIpc) is 3.45. The van der Waals surface area contributed by atoms with Crippen LogP contribution in [0.15, 0.2) is 97.1 Å². The second kappa shape index (κ2) is 18.6. The van der Waals surface area contributed by atoms with Crippen LogP contribution in [0.2, 0.25) is 0 Å². The molecular weight excluding hydrogens is 725 g/mol. The number of rotatable bonds is 16. The van der Waals surface area contributed by atoms with Crippen molar-refractivity contribution in [2.24, 2.45) is 10.8 Å². The van der Waals surface area contributed by atoms with Gasteiger partial charge in [-0.1, -0.05) is 112 Å². The van der Waals surface area contributed by atoms with Gasteiger partial charge in [0.05, 0.1) is 30.2 Å². The van der Waals surface area contributed by atoms with Gasteiger partial charge in [0.2, 0.25) is 11.8 Å². The molecule has 2 saturated heterocycles. The number of fused-ring (bicyclic) bond motifs is 2. The van der Waals surface area contributed by atoms with E-state index in [1.807, 2.05) is 36.4 Å². The largest absolute Gasteiger partial charge is 0.397 e. The molecule has 2 heterocycles. The molecular formula is C49H62N4O5. The number of unbranched alkanes of at least 4 members (excludes halogenated alkanes) is 3. The number of anilines is 2. The summed E-state index contributed by atoms with van der Waals surface area (Å²) in [4.78, 5) is 27.6. The first-order valence-corrected chi connectivity index (χ1v) is 21.3. The van der Waals surface area contributed by atoms with E-state index in [2.05, 4.69) is 84.8 Å². The van der Waals surface area contributed by atoms with Gasteiger partial charge in [0, 0.05) is 50.5 Å².